The van der Waals surface area contributed by atoms with Crippen molar-refractivity contribution in [2.24, 2.45) is 0 Å². The standard InChI is InChI=1S/C22H28O2/c1-14-6-7-15(2)20(10-14)18(5)13-21-16(3)11-19(12-17(21)4)8-9-22(23)24/h6-7,10-12,18H,8-9,13H2,1-5H3,(H,23,24). The Kier molecular flexibility index (Phi) is 5.82. The van der Waals surface area contributed by atoms with E-state index < -0.39 is 5.97 Å². The topological polar surface area (TPSA) is 37.3 Å². The summed E-state index contributed by atoms with van der Waals surface area (Å²) in [6.07, 6.45) is 1.81. The third-order valence-electron chi connectivity index (χ3n) is 4.86. The number of aliphatic carboxylic acids is 1. The van der Waals surface area contributed by atoms with E-state index in [-0.39, 0.29) is 6.42 Å². The quantitative estimate of drug-likeness (QED) is 0.784. The molecule has 1 unspecified atom stereocenters. The van der Waals surface area contributed by atoms with Gasteiger partial charge in [-0.05, 0) is 79.8 Å². The molecule has 128 valence electrons. The summed E-state index contributed by atoms with van der Waals surface area (Å²) in [6, 6.07) is 11.0. The van der Waals surface area contributed by atoms with Crippen LogP contribution in [0.25, 0.3) is 0 Å². The normalized spacial score (nSPS) is 12.2. The molecule has 0 aliphatic carbocycles. The van der Waals surface area contributed by atoms with Crippen LogP contribution < -0.4 is 0 Å². The van der Waals surface area contributed by atoms with E-state index >= 15 is 0 Å². The fourth-order valence-electron chi connectivity index (χ4n) is 3.51. The van der Waals surface area contributed by atoms with Gasteiger partial charge in [0.05, 0.1) is 0 Å². The molecule has 0 aliphatic rings. The van der Waals surface area contributed by atoms with Gasteiger partial charge in [0.2, 0.25) is 0 Å². The molecular formula is C22H28O2. The molecule has 2 heteroatoms. The summed E-state index contributed by atoms with van der Waals surface area (Å²) in [5.74, 6) is -0.273. The maximum Gasteiger partial charge on any atom is 0.303 e. The van der Waals surface area contributed by atoms with E-state index in [0.717, 1.165) is 12.0 Å². The largest absolute Gasteiger partial charge is 0.481 e. The zero-order valence-electron chi connectivity index (χ0n) is 15.4. The lowest BCUT2D eigenvalue weighted by Gasteiger charge is -2.19. The Hall–Kier alpha value is -2.09. The molecule has 1 N–H and O–H groups in total. The Labute approximate surface area is 145 Å². The van der Waals surface area contributed by atoms with E-state index in [1.54, 1.807) is 0 Å². The van der Waals surface area contributed by atoms with Crippen LogP contribution >= 0.6 is 0 Å². The van der Waals surface area contributed by atoms with Crippen LogP contribution in [0.2, 0.25) is 0 Å². The lowest BCUT2D eigenvalue weighted by Crippen LogP contribution is -2.06. The predicted molar refractivity (Wildman–Crippen MR) is 99.9 cm³/mol. The SMILES string of the molecule is Cc1ccc(C)c(C(C)Cc2c(C)cc(CCC(=O)O)cc2C)c1. The molecule has 2 nitrogen and oxygen atoms in total. The van der Waals surface area contributed by atoms with Crippen LogP contribution in [0, 0.1) is 27.7 Å². The van der Waals surface area contributed by atoms with Gasteiger partial charge < -0.3 is 5.11 Å². The third kappa shape index (κ3) is 4.47. The molecule has 24 heavy (non-hydrogen) atoms. The van der Waals surface area contributed by atoms with Gasteiger partial charge in [0.1, 0.15) is 0 Å². The molecule has 0 heterocycles. The van der Waals surface area contributed by atoms with Gasteiger partial charge in [-0.1, -0.05) is 42.8 Å². The molecule has 2 aromatic carbocycles. The minimum absolute atomic E-state index is 0.192. The Bertz CT molecular complexity index is 721. The van der Waals surface area contributed by atoms with Crippen molar-refractivity contribution in [3.63, 3.8) is 0 Å². The first-order valence-electron chi connectivity index (χ1n) is 8.66. The first-order valence-corrected chi connectivity index (χ1v) is 8.66. The molecule has 0 aliphatic heterocycles. The maximum absolute atomic E-state index is 10.8. The van der Waals surface area contributed by atoms with E-state index in [0.29, 0.717) is 12.3 Å². The lowest BCUT2D eigenvalue weighted by atomic mass is 9.86. The van der Waals surface area contributed by atoms with Crippen molar-refractivity contribution >= 4 is 5.97 Å². The second-order valence-corrected chi connectivity index (χ2v) is 7.07. The third-order valence-corrected chi connectivity index (χ3v) is 4.86. The Morgan fingerprint density at radius 1 is 1.00 bits per heavy atom. The predicted octanol–water partition coefficient (Wildman–Crippen LogP) is 5.28. The van der Waals surface area contributed by atoms with Crippen molar-refractivity contribution < 1.29 is 9.90 Å². The fourth-order valence-corrected chi connectivity index (χ4v) is 3.51. The fraction of sp³-hybridized carbons (Fsp3) is 0.409. The number of hydrogen-bond donors (Lipinski definition) is 1. The summed E-state index contributed by atoms with van der Waals surface area (Å²) < 4.78 is 0. The Morgan fingerprint density at radius 2 is 1.62 bits per heavy atom. The van der Waals surface area contributed by atoms with Crippen molar-refractivity contribution in [2.75, 3.05) is 0 Å². The highest BCUT2D eigenvalue weighted by Gasteiger charge is 2.14. The van der Waals surface area contributed by atoms with E-state index in [9.17, 15) is 4.79 Å². The van der Waals surface area contributed by atoms with Gasteiger partial charge in [-0.3, -0.25) is 4.79 Å². The number of carboxylic acid groups (broad SMARTS) is 1. The molecule has 0 spiro atoms. The van der Waals surface area contributed by atoms with Gasteiger partial charge in [0, 0.05) is 6.42 Å². The molecular weight excluding hydrogens is 296 g/mol. The summed E-state index contributed by atoms with van der Waals surface area (Å²) in [5.41, 5.74) is 9.13. The Morgan fingerprint density at radius 3 is 2.21 bits per heavy atom. The van der Waals surface area contributed by atoms with Gasteiger partial charge >= 0.3 is 5.97 Å². The number of aryl methyl sites for hydroxylation is 5. The summed E-state index contributed by atoms with van der Waals surface area (Å²) in [7, 11) is 0. The van der Waals surface area contributed by atoms with Crippen LogP contribution in [0.1, 0.15) is 58.2 Å². The highest BCUT2D eigenvalue weighted by Crippen LogP contribution is 2.28. The highest BCUT2D eigenvalue weighted by molar-refractivity contribution is 5.67. The molecule has 0 bridgehead atoms. The Balaban J connectivity index is 2.23. The summed E-state index contributed by atoms with van der Waals surface area (Å²) in [4.78, 5) is 10.8. The first kappa shape index (κ1) is 18.3. The average Bonchev–Trinajstić information content (AvgIpc) is 2.51. The van der Waals surface area contributed by atoms with Crippen LogP contribution in [0.3, 0.4) is 0 Å². The molecule has 2 aromatic rings. The molecule has 0 saturated carbocycles. The van der Waals surface area contributed by atoms with Crippen LogP contribution in [-0.2, 0) is 17.6 Å². The van der Waals surface area contributed by atoms with E-state index in [1.165, 1.54) is 33.4 Å². The smallest absolute Gasteiger partial charge is 0.303 e. The van der Waals surface area contributed by atoms with Crippen molar-refractivity contribution in [2.45, 2.75) is 59.8 Å². The zero-order chi connectivity index (χ0) is 17.9. The minimum atomic E-state index is -0.738. The summed E-state index contributed by atoms with van der Waals surface area (Å²) in [5, 5.41) is 8.86. The second-order valence-electron chi connectivity index (χ2n) is 7.07. The maximum atomic E-state index is 10.8. The number of rotatable bonds is 6. The van der Waals surface area contributed by atoms with E-state index in [1.807, 2.05) is 0 Å². The monoisotopic (exact) mass is 324 g/mol. The van der Waals surface area contributed by atoms with Gasteiger partial charge in [-0.25, -0.2) is 0 Å². The van der Waals surface area contributed by atoms with Crippen molar-refractivity contribution in [1.82, 2.24) is 0 Å². The van der Waals surface area contributed by atoms with Crippen LogP contribution in [-0.4, -0.2) is 11.1 Å². The molecule has 0 aromatic heterocycles. The van der Waals surface area contributed by atoms with E-state index in [4.69, 9.17) is 5.11 Å². The van der Waals surface area contributed by atoms with E-state index in [2.05, 4.69) is 65.0 Å². The summed E-state index contributed by atoms with van der Waals surface area (Å²) in [6.45, 7) is 10.9. The molecule has 0 amide bonds. The molecule has 2 rings (SSSR count). The van der Waals surface area contributed by atoms with Gasteiger partial charge in [-0.2, -0.15) is 0 Å². The summed E-state index contributed by atoms with van der Waals surface area (Å²) >= 11 is 0. The van der Waals surface area contributed by atoms with Crippen LogP contribution in [0.4, 0.5) is 0 Å². The van der Waals surface area contributed by atoms with Gasteiger partial charge in [0.15, 0.2) is 0 Å². The van der Waals surface area contributed by atoms with Gasteiger partial charge in [0.25, 0.3) is 0 Å². The van der Waals surface area contributed by atoms with Crippen molar-refractivity contribution in [3.8, 4) is 0 Å². The lowest BCUT2D eigenvalue weighted by molar-refractivity contribution is -0.136. The second kappa shape index (κ2) is 7.65. The molecule has 0 saturated heterocycles. The van der Waals surface area contributed by atoms with Crippen molar-refractivity contribution in [3.05, 3.63) is 69.3 Å². The zero-order valence-corrected chi connectivity index (χ0v) is 15.4. The average molecular weight is 324 g/mol. The van der Waals surface area contributed by atoms with Crippen molar-refractivity contribution in [1.29, 1.82) is 0 Å². The van der Waals surface area contributed by atoms with Crippen LogP contribution in [0.15, 0.2) is 30.3 Å². The number of benzene rings is 2. The highest BCUT2D eigenvalue weighted by atomic mass is 16.4. The molecule has 1 atom stereocenters. The first-order chi connectivity index (χ1) is 11.3. The number of hydrogen-bond acceptors (Lipinski definition) is 1. The molecule has 0 radical (unpaired) electrons. The molecule has 0 fully saturated rings. The minimum Gasteiger partial charge on any atom is -0.481 e. The van der Waals surface area contributed by atoms with Gasteiger partial charge in [-0.15, -0.1) is 0 Å². The van der Waals surface area contributed by atoms with Crippen LogP contribution in [0.5, 0.6) is 0 Å². The number of carbonyl (C=O) groups is 1. The number of carboxylic acids is 1.